The van der Waals surface area contributed by atoms with Crippen LogP contribution in [-0.4, -0.2) is 28.2 Å². The van der Waals surface area contributed by atoms with Gasteiger partial charge in [-0.05, 0) is 12.5 Å². The van der Waals surface area contributed by atoms with Crippen LogP contribution in [0, 0.1) is 20.2 Å². The summed E-state index contributed by atoms with van der Waals surface area (Å²) in [6.07, 6.45) is 11.3. The molecule has 0 N–H and O–H groups in total. The largest absolute Gasteiger partial charge is 0.415 e. The van der Waals surface area contributed by atoms with Gasteiger partial charge in [0.2, 0.25) is 0 Å². The molecule has 2 atom stereocenters. The molecule has 0 saturated heterocycles. The molecule has 118 valence electrons. The van der Waals surface area contributed by atoms with Crippen molar-refractivity contribution < 1.29 is 14.6 Å². The summed E-state index contributed by atoms with van der Waals surface area (Å²) in [6, 6.07) is -1.49. The molecule has 0 radical (unpaired) electrons. The van der Waals surface area contributed by atoms with E-state index in [9.17, 15) is 20.2 Å². The van der Waals surface area contributed by atoms with Crippen molar-refractivity contribution in [2.24, 2.45) is 0 Å². The highest BCUT2D eigenvalue weighted by molar-refractivity contribution is 5.19. The average Bonchev–Trinajstić information content (AvgIpc) is 2.46. The van der Waals surface area contributed by atoms with Gasteiger partial charge >= 0.3 is 11.8 Å². The van der Waals surface area contributed by atoms with E-state index in [-0.39, 0.29) is 6.61 Å². The number of ether oxygens (including phenoxy) is 1. The van der Waals surface area contributed by atoms with Gasteiger partial charge in [0.15, 0.2) is 0 Å². The topological polar surface area (TPSA) is 95.5 Å². The Balaban J connectivity index is 2.53. The van der Waals surface area contributed by atoms with Crippen molar-refractivity contribution in [1.29, 1.82) is 0 Å². The predicted molar refractivity (Wildman–Crippen MR) is 78.1 cm³/mol. The van der Waals surface area contributed by atoms with Crippen molar-refractivity contribution in [3.8, 4) is 0 Å². The van der Waals surface area contributed by atoms with Crippen LogP contribution in [-0.2, 0) is 4.74 Å². The summed E-state index contributed by atoms with van der Waals surface area (Å²) in [5, 5.41) is 22.3. The van der Waals surface area contributed by atoms with Gasteiger partial charge in [-0.2, -0.15) is 0 Å². The van der Waals surface area contributed by atoms with Crippen molar-refractivity contribution >= 4 is 0 Å². The standard InChI is InChI=1S/C14H22N2O5/c1-2-3-4-5-6-9-12-21-14(16(19)20)11-8-7-10-13(14)15(17)18/h7-8,10-11,13H,2-6,9,12H2,1H3. The Morgan fingerprint density at radius 1 is 1.10 bits per heavy atom. The molecule has 0 bridgehead atoms. The van der Waals surface area contributed by atoms with Crippen molar-refractivity contribution in [1.82, 2.24) is 0 Å². The van der Waals surface area contributed by atoms with Crippen molar-refractivity contribution in [3.63, 3.8) is 0 Å². The molecule has 0 saturated carbocycles. The maximum Gasteiger partial charge on any atom is 0.415 e. The second kappa shape index (κ2) is 8.51. The van der Waals surface area contributed by atoms with Crippen molar-refractivity contribution in [2.45, 2.75) is 57.2 Å². The van der Waals surface area contributed by atoms with Crippen molar-refractivity contribution in [3.05, 3.63) is 44.5 Å². The summed E-state index contributed by atoms with van der Waals surface area (Å²) in [5.74, 6) is 0. The summed E-state index contributed by atoms with van der Waals surface area (Å²) in [5.41, 5.74) is -2.08. The van der Waals surface area contributed by atoms with Crippen molar-refractivity contribution in [2.75, 3.05) is 6.61 Å². The third-order valence-corrected chi connectivity index (χ3v) is 3.51. The van der Waals surface area contributed by atoms with E-state index >= 15 is 0 Å². The second-order valence-electron chi connectivity index (χ2n) is 5.10. The van der Waals surface area contributed by atoms with E-state index in [4.69, 9.17) is 4.74 Å². The van der Waals surface area contributed by atoms with E-state index in [1.54, 1.807) is 0 Å². The van der Waals surface area contributed by atoms with Crippen LogP contribution in [0.3, 0.4) is 0 Å². The average molecular weight is 298 g/mol. The van der Waals surface area contributed by atoms with E-state index in [0.717, 1.165) is 31.8 Å². The lowest BCUT2D eigenvalue weighted by atomic mass is 9.99. The number of nitrogens with zero attached hydrogens (tertiary/aromatic N) is 2. The number of allylic oxidation sites excluding steroid dienone is 2. The fraction of sp³-hybridized carbons (Fsp3) is 0.714. The molecule has 1 aliphatic rings. The van der Waals surface area contributed by atoms with Gasteiger partial charge in [-0.1, -0.05) is 51.2 Å². The highest BCUT2D eigenvalue weighted by Crippen LogP contribution is 2.26. The lowest BCUT2D eigenvalue weighted by molar-refractivity contribution is -0.679. The van der Waals surface area contributed by atoms with Gasteiger partial charge < -0.3 is 4.74 Å². The zero-order valence-corrected chi connectivity index (χ0v) is 12.3. The molecule has 2 unspecified atom stereocenters. The first-order valence-electron chi connectivity index (χ1n) is 7.32. The van der Waals surface area contributed by atoms with Crippen LogP contribution < -0.4 is 0 Å². The van der Waals surface area contributed by atoms with Gasteiger partial charge in [-0.15, -0.1) is 0 Å². The zero-order chi connectivity index (χ0) is 15.7. The molecule has 0 aliphatic heterocycles. The van der Waals surface area contributed by atoms with Gasteiger partial charge in [0.05, 0.1) is 11.5 Å². The van der Waals surface area contributed by atoms with Crippen LogP contribution in [0.2, 0.25) is 0 Å². The lowest BCUT2D eigenvalue weighted by Crippen LogP contribution is -2.53. The van der Waals surface area contributed by atoms with Crippen LogP contribution >= 0.6 is 0 Å². The third-order valence-electron chi connectivity index (χ3n) is 3.51. The molecule has 21 heavy (non-hydrogen) atoms. The first-order valence-corrected chi connectivity index (χ1v) is 7.32. The number of hydrogen-bond acceptors (Lipinski definition) is 5. The predicted octanol–water partition coefficient (Wildman–Crippen LogP) is 3.11. The maximum absolute atomic E-state index is 11.3. The Bertz CT molecular complexity index is 422. The number of hydrogen-bond donors (Lipinski definition) is 0. The van der Waals surface area contributed by atoms with Crippen LogP contribution in [0.4, 0.5) is 0 Å². The molecular formula is C14H22N2O5. The minimum Gasteiger partial charge on any atom is -0.306 e. The number of rotatable bonds is 10. The second-order valence-corrected chi connectivity index (χ2v) is 5.10. The van der Waals surface area contributed by atoms with Crippen LogP contribution in [0.1, 0.15) is 45.4 Å². The van der Waals surface area contributed by atoms with E-state index in [1.807, 2.05) is 0 Å². The number of unbranched alkanes of at least 4 members (excludes halogenated alkanes) is 5. The Hall–Kier alpha value is -1.76. The zero-order valence-electron chi connectivity index (χ0n) is 12.3. The summed E-state index contributed by atoms with van der Waals surface area (Å²) >= 11 is 0. The molecule has 0 aromatic carbocycles. The third kappa shape index (κ3) is 4.63. The quantitative estimate of drug-likeness (QED) is 0.267. The van der Waals surface area contributed by atoms with Crippen LogP contribution in [0.15, 0.2) is 24.3 Å². The summed E-state index contributed by atoms with van der Waals surface area (Å²) in [7, 11) is 0. The molecular weight excluding hydrogens is 276 g/mol. The van der Waals surface area contributed by atoms with Gasteiger partial charge in [0.25, 0.3) is 0 Å². The van der Waals surface area contributed by atoms with Gasteiger partial charge in [-0.25, -0.2) is 0 Å². The monoisotopic (exact) mass is 298 g/mol. The molecule has 1 aliphatic carbocycles. The Morgan fingerprint density at radius 3 is 2.38 bits per heavy atom. The molecule has 0 heterocycles. The first-order chi connectivity index (χ1) is 10.0. The SMILES string of the molecule is CCCCCCCCOC1([N+](=O)[O-])C=CC=CC1[N+](=O)[O-]. The maximum atomic E-state index is 11.3. The first kappa shape index (κ1) is 17.3. The molecule has 0 fully saturated rings. The molecule has 7 nitrogen and oxygen atoms in total. The van der Waals surface area contributed by atoms with E-state index < -0.39 is 21.6 Å². The summed E-state index contributed by atoms with van der Waals surface area (Å²) in [6.45, 7) is 2.28. The summed E-state index contributed by atoms with van der Waals surface area (Å²) < 4.78 is 5.33. The minimum absolute atomic E-state index is 0.148. The minimum atomic E-state index is -2.08. The van der Waals surface area contributed by atoms with Gasteiger partial charge in [0, 0.05) is 11.0 Å². The van der Waals surface area contributed by atoms with E-state index in [0.29, 0.717) is 6.42 Å². The van der Waals surface area contributed by atoms with Gasteiger partial charge in [0.1, 0.15) is 0 Å². The summed E-state index contributed by atoms with van der Waals surface area (Å²) in [4.78, 5) is 20.9. The van der Waals surface area contributed by atoms with Gasteiger partial charge in [-0.3, -0.25) is 20.2 Å². The number of nitro groups is 2. The molecule has 0 aromatic rings. The normalized spacial score (nSPS) is 24.1. The molecule has 0 amide bonds. The molecule has 7 heteroatoms. The molecule has 0 spiro atoms. The Morgan fingerprint density at radius 2 is 1.76 bits per heavy atom. The van der Waals surface area contributed by atoms with E-state index in [2.05, 4.69) is 6.92 Å². The highest BCUT2D eigenvalue weighted by Gasteiger charge is 2.57. The fourth-order valence-corrected chi connectivity index (χ4v) is 2.29. The van der Waals surface area contributed by atoms with Crippen LogP contribution in [0.5, 0.6) is 0 Å². The smallest absolute Gasteiger partial charge is 0.306 e. The van der Waals surface area contributed by atoms with Crippen LogP contribution in [0.25, 0.3) is 0 Å². The lowest BCUT2D eigenvalue weighted by Gasteiger charge is -2.24. The molecule has 1 rings (SSSR count). The Kier molecular flexibility index (Phi) is 7.01. The molecule has 0 aromatic heterocycles. The fourth-order valence-electron chi connectivity index (χ4n) is 2.29. The van der Waals surface area contributed by atoms with E-state index in [1.165, 1.54) is 24.6 Å². The Labute approximate surface area is 124 Å². The highest BCUT2D eigenvalue weighted by atomic mass is 16.7.